The molecule has 20 heavy (non-hydrogen) atoms. The summed E-state index contributed by atoms with van der Waals surface area (Å²) in [4.78, 5) is 10.9. The number of benzene rings is 2. The zero-order chi connectivity index (χ0) is 13.9. The average Bonchev–Trinajstić information content (AvgIpc) is 2.92. The Hall–Kier alpha value is -2.01. The highest BCUT2D eigenvalue weighted by Gasteiger charge is 2.16. The third-order valence-corrected chi connectivity index (χ3v) is 3.71. The van der Waals surface area contributed by atoms with Crippen molar-refractivity contribution in [2.24, 2.45) is 0 Å². The summed E-state index contributed by atoms with van der Waals surface area (Å²) in [6.45, 7) is 0.572. The zero-order valence-corrected chi connectivity index (χ0v) is 12.1. The van der Waals surface area contributed by atoms with Gasteiger partial charge in [0, 0.05) is 10.0 Å². The standard InChI is InChI=1S/C15H11BrO4/c16-12-6-15-14(19-9-20-15)5-11(12)8-18-13-4-2-1-3-10(13)7-17/h1-7H,8-9H2. The molecule has 0 N–H and O–H groups in total. The van der Waals surface area contributed by atoms with Crippen molar-refractivity contribution < 1.29 is 19.0 Å². The molecule has 0 spiro atoms. The average molecular weight is 335 g/mol. The first-order valence-corrected chi connectivity index (χ1v) is 6.82. The van der Waals surface area contributed by atoms with Crippen LogP contribution in [0.15, 0.2) is 40.9 Å². The van der Waals surface area contributed by atoms with Crippen molar-refractivity contribution in [2.45, 2.75) is 6.61 Å². The minimum atomic E-state index is 0.236. The molecular weight excluding hydrogens is 324 g/mol. The molecule has 2 aromatic rings. The van der Waals surface area contributed by atoms with Crippen LogP contribution in [0, 0.1) is 0 Å². The molecule has 0 radical (unpaired) electrons. The van der Waals surface area contributed by atoms with Crippen LogP contribution in [0.4, 0.5) is 0 Å². The number of carbonyl (C=O) groups excluding carboxylic acids is 1. The van der Waals surface area contributed by atoms with Gasteiger partial charge in [0.1, 0.15) is 12.4 Å². The van der Waals surface area contributed by atoms with E-state index in [1.165, 1.54) is 0 Å². The number of ether oxygens (including phenoxy) is 3. The topological polar surface area (TPSA) is 44.8 Å². The number of hydrogen-bond acceptors (Lipinski definition) is 4. The molecule has 102 valence electrons. The van der Waals surface area contributed by atoms with E-state index in [2.05, 4.69) is 15.9 Å². The van der Waals surface area contributed by atoms with Gasteiger partial charge in [-0.05, 0) is 24.3 Å². The maximum Gasteiger partial charge on any atom is 0.231 e. The number of halogens is 1. The van der Waals surface area contributed by atoms with Gasteiger partial charge in [-0.15, -0.1) is 0 Å². The SMILES string of the molecule is O=Cc1ccccc1OCc1cc2c(cc1Br)OCO2. The Kier molecular flexibility index (Phi) is 3.60. The molecule has 0 saturated carbocycles. The number of rotatable bonds is 4. The van der Waals surface area contributed by atoms with Crippen molar-refractivity contribution in [1.82, 2.24) is 0 Å². The van der Waals surface area contributed by atoms with Crippen LogP contribution in [0.1, 0.15) is 15.9 Å². The number of para-hydroxylation sites is 1. The second-order valence-electron chi connectivity index (χ2n) is 4.24. The van der Waals surface area contributed by atoms with Crippen LogP contribution in [-0.4, -0.2) is 13.1 Å². The Morgan fingerprint density at radius 3 is 2.75 bits per heavy atom. The molecular formula is C15H11BrO4. The quantitative estimate of drug-likeness (QED) is 0.802. The van der Waals surface area contributed by atoms with E-state index in [0.717, 1.165) is 16.3 Å². The van der Waals surface area contributed by atoms with Crippen LogP contribution >= 0.6 is 15.9 Å². The van der Waals surface area contributed by atoms with Crippen molar-refractivity contribution in [3.05, 3.63) is 52.0 Å². The highest BCUT2D eigenvalue weighted by Crippen LogP contribution is 2.37. The van der Waals surface area contributed by atoms with Crippen LogP contribution in [-0.2, 0) is 6.61 Å². The van der Waals surface area contributed by atoms with Gasteiger partial charge in [0.05, 0.1) is 5.56 Å². The first-order valence-electron chi connectivity index (χ1n) is 6.03. The molecule has 0 aliphatic carbocycles. The normalized spacial score (nSPS) is 12.2. The van der Waals surface area contributed by atoms with E-state index in [1.54, 1.807) is 18.2 Å². The molecule has 0 atom stereocenters. The van der Waals surface area contributed by atoms with Gasteiger partial charge in [0.2, 0.25) is 6.79 Å². The second kappa shape index (κ2) is 5.54. The first kappa shape index (κ1) is 13.0. The van der Waals surface area contributed by atoms with E-state index in [0.29, 0.717) is 29.4 Å². The Morgan fingerprint density at radius 1 is 1.20 bits per heavy atom. The van der Waals surface area contributed by atoms with Crippen molar-refractivity contribution in [2.75, 3.05) is 6.79 Å². The molecule has 0 aromatic heterocycles. The zero-order valence-electron chi connectivity index (χ0n) is 10.5. The van der Waals surface area contributed by atoms with Gasteiger partial charge in [-0.3, -0.25) is 4.79 Å². The maximum atomic E-state index is 10.9. The summed E-state index contributed by atoms with van der Waals surface area (Å²) in [5.41, 5.74) is 1.46. The highest BCUT2D eigenvalue weighted by molar-refractivity contribution is 9.10. The Bertz CT molecular complexity index is 654. The lowest BCUT2D eigenvalue weighted by Crippen LogP contribution is -1.99. The fraction of sp³-hybridized carbons (Fsp3) is 0.133. The molecule has 1 aliphatic rings. The fourth-order valence-electron chi connectivity index (χ4n) is 1.93. The van der Waals surface area contributed by atoms with Crippen LogP contribution in [0.25, 0.3) is 0 Å². The molecule has 3 rings (SSSR count). The smallest absolute Gasteiger partial charge is 0.231 e. The minimum absolute atomic E-state index is 0.236. The third-order valence-electron chi connectivity index (χ3n) is 2.97. The van der Waals surface area contributed by atoms with E-state index in [1.807, 2.05) is 18.2 Å². The first-order chi connectivity index (χ1) is 9.78. The van der Waals surface area contributed by atoms with Crippen LogP contribution in [0.3, 0.4) is 0 Å². The monoisotopic (exact) mass is 334 g/mol. The molecule has 0 saturated heterocycles. The molecule has 0 fully saturated rings. The van der Waals surface area contributed by atoms with Gasteiger partial charge in [-0.1, -0.05) is 28.1 Å². The summed E-state index contributed by atoms with van der Waals surface area (Å²) in [5.74, 6) is 1.98. The molecule has 4 nitrogen and oxygen atoms in total. The van der Waals surface area contributed by atoms with E-state index in [4.69, 9.17) is 14.2 Å². The third kappa shape index (κ3) is 2.49. The van der Waals surface area contributed by atoms with Crippen LogP contribution < -0.4 is 14.2 Å². The van der Waals surface area contributed by atoms with E-state index >= 15 is 0 Å². The molecule has 5 heteroatoms. The van der Waals surface area contributed by atoms with Gasteiger partial charge in [-0.2, -0.15) is 0 Å². The summed E-state index contributed by atoms with van der Waals surface area (Å²) < 4.78 is 17.2. The molecule has 0 bridgehead atoms. The summed E-state index contributed by atoms with van der Waals surface area (Å²) in [5, 5.41) is 0. The number of carbonyl (C=O) groups is 1. The fourth-order valence-corrected chi connectivity index (χ4v) is 2.37. The number of aldehydes is 1. The van der Waals surface area contributed by atoms with Gasteiger partial charge >= 0.3 is 0 Å². The molecule has 1 heterocycles. The van der Waals surface area contributed by atoms with Crippen LogP contribution in [0.2, 0.25) is 0 Å². The molecule has 0 unspecified atom stereocenters. The van der Waals surface area contributed by atoms with E-state index in [9.17, 15) is 4.79 Å². The number of fused-ring (bicyclic) bond motifs is 1. The van der Waals surface area contributed by atoms with Crippen molar-refractivity contribution in [3.8, 4) is 17.2 Å². The van der Waals surface area contributed by atoms with Crippen molar-refractivity contribution >= 4 is 22.2 Å². The lowest BCUT2D eigenvalue weighted by molar-refractivity contribution is 0.111. The molecule has 1 aliphatic heterocycles. The predicted molar refractivity (Wildman–Crippen MR) is 76.4 cm³/mol. The highest BCUT2D eigenvalue weighted by atomic mass is 79.9. The summed E-state index contributed by atoms with van der Waals surface area (Å²) >= 11 is 3.47. The van der Waals surface area contributed by atoms with Gasteiger partial charge in [-0.25, -0.2) is 0 Å². The van der Waals surface area contributed by atoms with Crippen LogP contribution in [0.5, 0.6) is 17.2 Å². The lowest BCUT2D eigenvalue weighted by Gasteiger charge is -2.10. The van der Waals surface area contributed by atoms with Gasteiger partial charge in [0.25, 0.3) is 0 Å². The van der Waals surface area contributed by atoms with Crippen molar-refractivity contribution in [1.29, 1.82) is 0 Å². The lowest BCUT2D eigenvalue weighted by atomic mass is 10.2. The maximum absolute atomic E-state index is 10.9. The molecule has 0 amide bonds. The summed E-state index contributed by atoms with van der Waals surface area (Å²) in [7, 11) is 0. The Balaban J connectivity index is 1.80. The van der Waals surface area contributed by atoms with Crippen molar-refractivity contribution in [3.63, 3.8) is 0 Å². The Morgan fingerprint density at radius 2 is 1.95 bits per heavy atom. The second-order valence-corrected chi connectivity index (χ2v) is 5.10. The predicted octanol–water partition coefficient (Wildman–Crippen LogP) is 3.57. The largest absolute Gasteiger partial charge is 0.488 e. The number of hydrogen-bond donors (Lipinski definition) is 0. The van der Waals surface area contributed by atoms with E-state index < -0.39 is 0 Å². The van der Waals surface area contributed by atoms with Gasteiger partial charge < -0.3 is 14.2 Å². The molecule has 2 aromatic carbocycles. The summed E-state index contributed by atoms with van der Waals surface area (Å²) in [6, 6.07) is 10.8. The Labute approximate surface area is 124 Å². The van der Waals surface area contributed by atoms with Gasteiger partial charge in [0.15, 0.2) is 17.8 Å². The van der Waals surface area contributed by atoms with E-state index in [-0.39, 0.29) is 6.79 Å². The summed E-state index contributed by atoms with van der Waals surface area (Å²) in [6.07, 6.45) is 0.782. The minimum Gasteiger partial charge on any atom is -0.488 e.